The van der Waals surface area contributed by atoms with Crippen LogP contribution in [0, 0.1) is 0 Å². The summed E-state index contributed by atoms with van der Waals surface area (Å²) in [6, 6.07) is 2.10. The number of methoxy groups -OCH3 is 1. The molecule has 0 fully saturated rings. The molecule has 0 aromatic carbocycles. The van der Waals surface area contributed by atoms with Crippen LogP contribution in [0.3, 0.4) is 0 Å². The highest BCUT2D eigenvalue weighted by molar-refractivity contribution is 5.75. The van der Waals surface area contributed by atoms with Gasteiger partial charge in [-0.25, -0.2) is 9.78 Å². The maximum Gasteiger partial charge on any atom is 0.410 e. The summed E-state index contributed by atoms with van der Waals surface area (Å²) < 4.78 is 16.5. The van der Waals surface area contributed by atoms with Crippen LogP contribution in [0.15, 0.2) is 12.1 Å². The second-order valence-electron chi connectivity index (χ2n) is 8.49. The Labute approximate surface area is 172 Å². The minimum Gasteiger partial charge on any atom is -0.481 e. The van der Waals surface area contributed by atoms with E-state index in [4.69, 9.17) is 19.2 Å². The van der Waals surface area contributed by atoms with E-state index < -0.39 is 5.60 Å². The maximum atomic E-state index is 12.3. The number of rotatable bonds is 3. The van der Waals surface area contributed by atoms with Gasteiger partial charge in [0.25, 0.3) is 0 Å². The summed E-state index contributed by atoms with van der Waals surface area (Å²) in [6.45, 7) is 8.08. The van der Waals surface area contributed by atoms with E-state index in [1.165, 1.54) is 6.92 Å². The number of ether oxygens (including phenoxy) is 3. The fourth-order valence-electron chi connectivity index (χ4n) is 3.75. The van der Waals surface area contributed by atoms with Crippen LogP contribution in [-0.2, 0) is 20.7 Å². The minimum absolute atomic E-state index is 0.299. The molecule has 3 rings (SSSR count). The molecule has 2 aliphatic rings. The lowest BCUT2D eigenvalue weighted by Gasteiger charge is -2.30. The SMILES string of the molecule is COc1nc2c(cc1C1=CCN(C(=O)OC(C)(C)C)CC1)CCCC2OC(C)=O. The Morgan fingerprint density at radius 1 is 1.24 bits per heavy atom. The second-order valence-corrected chi connectivity index (χ2v) is 8.49. The van der Waals surface area contributed by atoms with Gasteiger partial charge >= 0.3 is 12.1 Å². The number of esters is 1. The predicted molar refractivity (Wildman–Crippen MR) is 109 cm³/mol. The van der Waals surface area contributed by atoms with Gasteiger partial charge in [0.2, 0.25) is 5.88 Å². The number of hydrogen-bond donors (Lipinski definition) is 0. The average Bonchev–Trinajstić information content (AvgIpc) is 2.65. The molecule has 7 nitrogen and oxygen atoms in total. The van der Waals surface area contributed by atoms with Crippen molar-refractivity contribution in [3.05, 3.63) is 29.0 Å². The third-order valence-electron chi connectivity index (χ3n) is 5.03. The smallest absolute Gasteiger partial charge is 0.410 e. The first-order valence-electron chi connectivity index (χ1n) is 10.1. The van der Waals surface area contributed by atoms with E-state index in [9.17, 15) is 9.59 Å². The first-order valence-corrected chi connectivity index (χ1v) is 10.1. The van der Waals surface area contributed by atoms with Gasteiger partial charge in [0.1, 0.15) is 11.7 Å². The Hall–Kier alpha value is -2.57. The number of nitrogens with zero attached hydrogens (tertiary/aromatic N) is 2. The zero-order valence-electron chi connectivity index (χ0n) is 17.9. The normalized spacial score (nSPS) is 19.1. The minimum atomic E-state index is -0.509. The number of carbonyl (C=O) groups excluding carboxylic acids is 2. The van der Waals surface area contributed by atoms with Crippen molar-refractivity contribution >= 4 is 17.6 Å². The van der Waals surface area contributed by atoms with E-state index in [2.05, 4.69) is 6.07 Å². The highest BCUT2D eigenvalue weighted by Crippen LogP contribution is 2.37. The van der Waals surface area contributed by atoms with Gasteiger partial charge < -0.3 is 19.1 Å². The van der Waals surface area contributed by atoms with Crippen molar-refractivity contribution in [1.82, 2.24) is 9.88 Å². The summed E-state index contributed by atoms with van der Waals surface area (Å²) in [7, 11) is 1.60. The van der Waals surface area contributed by atoms with Crippen LogP contribution in [-0.4, -0.2) is 47.7 Å². The molecule has 0 spiro atoms. The van der Waals surface area contributed by atoms with Gasteiger partial charge in [0.05, 0.1) is 12.8 Å². The standard InChI is InChI=1S/C22H30N2O5/c1-14(25)28-18-8-6-7-16-13-17(20(27-5)23-19(16)18)15-9-11-24(12-10-15)21(26)29-22(2,3)4/h9,13,18H,6-8,10-12H2,1-5H3. The topological polar surface area (TPSA) is 78.0 Å². The van der Waals surface area contributed by atoms with Crippen molar-refractivity contribution < 1.29 is 23.8 Å². The molecule has 0 N–H and O–H groups in total. The largest absolute Gasteiger partial charge is 0.481 e. The zero-order valence-corrected chi connectivity index (χ0v) is 17.9. The molecule has 1 atom stereocenters. The fourth-order valence-corrected chi connectivity index (χ4v) is 3.75. The molecule has 1 aliphatic carbocycles. The number of pyridine rings is 1. The maximum absolute atomic E-state index is 12.3. The van der Waals surface area contributed by atoms with E-state index in [0.717, 1.165) is 41.7 Å². The first kappa shape index (κ1) is 21.1. The van der Waals surface area contributed by atoms with Crippen molar-refractivity contribution in [2.45, 2.75) is 65.1 Å². The van der Waals surface area contributed by atoms with E-state index >= 15 is 0 Å². The quantitative estimate of drug-likeness (QED) is 0.710. The van der Waals surface area contributed by atoms with Crippen LogP contribution >= 0.6 is 0 Å². The van der Waals surface area contributed by atoms with Gasteiger partial charge in [-0.05, 0) is 63.7 Å². The third-order valence-corrected chi connectivity index (χ3v) is 5.03. The van der Waals surface area contributed by atoms with Gasteiger partial charge in [-0.3, -0.25) is 4.79 Å². The van der Waals surface area contributed by atoms with Crippen LogP contribution in [0.2, 0.25) is 0 Å². The van der Waals surface area contributed by atoms with E-state index in [0.29, 0.717) is 25.4 Å². The third kappa shape index (κ3) is 5.08. The Morgan fingerprint density at radius 2 is 2.00 bits per heavy atom. The Morgan fingerprint density at radius 3 is 2.59 bits per heavy atom. The summed E-state index contributed by atoms with van der Waals surface area (Å²) in [4.78, 5) is 30.1. The number of aryl methyl sites for hydroxylation is 1. The Balaban J connectivity index is 1.83. The predicted octanol–water partition coefficient (Wildman–Crippen LogP) is 4.05. The van der Waals surface area contributed by atoms with E-state index in [-0.39, 0.29) is 18.2 Å². The van der Waals surface area contributed by atoms with Crippen LogP contribution in [0.1, 0.15) is 69.9 Å². The van der Waals surface area contributed by atoms with Gasteiger partial charge in [-0.15, -0.1) is 0 Å². The summed E-state index contributed by atoms with van der Waals surface area (Å²) in [5.41, 5.74) is 3.42. The van der Waals surface area contributed by atoms with Crippen LogP contribution in [0.5, 0.6) is 5.88 Å². The highest BCUT2D eigenvalue weighted by atomic mass is 16.6. The van der Waals surface area contributed by atoms with Crippen molar-refractivity contribution in [1.29, 1.82) is 0 Å². The summed E-state index contributed by atoms with van der Waals surface area (Å²) in [6.07, 6.45) is 4.73. The summed E-state index contributed by atoms with van der Waals surface area (Å²) >= 11 is 0. The molecule has 158 valence electrons. The zero-order chi connectivity index (χ0) is 21.2. The Kier molecular flexibility index (Phi) is 6.15. The monoisotopic (exact) mass is 402 g/mol. The lowest BCUT2D eigenvalue weighted by molar-refractivity contribution is -0.147. The molecule has 1 aromatic heterocycles. The molecule has 0 radical (unpaired) electrons. The Bertz CT molecular complexity index is 825. The van der Waals surface area contributed by atoms with Crippen LogP contribution < -0.4 is 4.74 Å². The first-order chi connectivity index (χ1) is 13.7. The molecule has 2 heterocycles. The van der Waals surface area contributed by atoms with Gasteiger partial charge in [0.15, 0.2) is 0 Å². The van der Waals surface area contributed by atoms with Gasteiger partial charge in [0, 0.05) is 25.6 Å². The van der Waals surface area contributed by atoms with Crippen molar-refractivity contribution in [2.75, 3.05) is 20.2 Å². The molecule has 0 saturated heterocycles. The number of aromatic nitrogens is 1. The number of hydrogen-bond acceptors (Lipinski definition) is 6. The molecule has 1 amide bonds. The molecule has 0 bridgehead atoms. The molecular formula is C22H30N2O5. The molecule has 7 heteroatoms. The van der Waals surface area contributed by atoms with Crippen molar-refractivity contribution in [3.8, 4) is 5.88 Å². The van der Waals surface area contributed by atoms with Crippen molar-refractivity contribution in [3.63, 3.8) is 0 Å². The summed E-state index contributed by atoms with van der Waals surface area (Å²) in [5.74, 6) is 0.227. The number of carbonyl (C=O) groups is 2. The average molecular weight is 402 g/mol. The molecule has 0 saturated carbocycles. The number of amides is 1. The number of fused-ring (bicyclic) bond motifs is 1. The van der Waals surface area contributed by atoms with Crippen LogP contribution in [0.4, 0.5) is 4.79 Å². The summed E-state index contributed by atoms with van der Waals surface area (Å²) in [5, 5.41) is 0. The highest BCUT2D eigenvalue weighted by Gasteiger charge is 2.29. The lowest BCUT2D eigenvalue weighted by atomic mass is 9.90. The van der Waals surface area contributed by atoms with Gasteiger partial charge in [-0.1, -0.05) is 6.08 Å². The second kappa shape index (κ2) is 8.43. The molecule has 29 heavy (non-hydrogen) atoms. The molecule has 1 aromatic rings. The molecular weight excluding hydrogens is 372 g/mol. The van der Waals surface area contributed by atoms with E-state index in [1.807, 2.05) is 26.8 Å². The fraction of sp³-hybridized carbons (Fsp3) is 0.591. The van der Waals surface area contributed by atoms with Crippen LogP contribution in [0.25, 0.3) is 5.57 Å². The van der Waals surface area contributed by atoms with Gasteiger partial charge in [-0.2, -0.15) is 0 Å². The lowest BCUT2D eigenvalue weighted by Crippen LogP contribution is -2.39. The molecule has 1 aliphatic heterocycles. The van der Waals surface area contributed by atoms with Crippen molar-refractivity contribution in [2.24, 2.45) is 0 Å². The molecule has 1 unspecified atom stereocenters. The van der Waals surface area contributed by atoms with E-state index in [1.54, 1.807) is 12.0 Å².